The van der Waals surface area contributed by atoms with Crippen molar-refractivity contribution < 1.29 is 66.0 Å². The fourth-order valence-electron chi connectivity index (χ4n) is 1.90. The van der Waals surface area contributed by atoms with Crippen molar-refractivity contribution in [2.45, 2.75) is 48.5 Å². The molecule has 164 valence electrons. The maximum absolute atomic E-state index is 14.0. The van der Waals surface area contributed by atoms with Crippen LogP contribution in [0.3, 0.4) is 0 Å². The molecule has 0 aromatic carbocycles. The molecule has 0 aliphatic carbocycles. The van der Waals surface area contributed by atoms with Crippen LogP contribution >= 0.6 is 0 Å². The third-order valence-electron chi connectivity index (χ3n) is 3.47. The van der Waals surface area contributed by atoms with E-state index in [1.165, 1.54) is 0 Å². The highest BCUT2D eigenvalue weighted by atomic mass is 28.4. The lowest BCUT2D eigenvalue weighted by atomic mass is 9.97. The van der Waals surface area contributed by atoms with Gasteiger partial charge in [0.25, 0.3) is 0 Å². The molecule has 0 aliphatic heterocycles. The molecular formula is C11H14F12O3Si. The minimum Gasteiger partial charge on any atom is -0.373 e. The summed E-state index contributed by atoms with van der Waals surface area (Å²) >= 11 is 0. The van der Waals surface area contributed by atoms with Gasteiger partial charge >= 0.3 is 38.3 Å². The zero-order valence-electron chi connectivity index (χ0n) is 13.8. The summed E-state index contributed by atoms with van der Waals surface area (Å²) in [5.74, 6) is -20.8. The predicted molar refractivity (Wildman–Crippen MR) is 66.8 cm³/mol. The van der Waals surface area contributed by atoms with Gasteiger partial charge in [-0.3, -0.25) is 0 Å². The Balaban J connectivity index is 6.06. The normalized spacial score (nSPS) is 16.6. The highest BCUT2D eigenvalue weighted by Crippen LogP contribution is 2.57. The summed E-state index contributed by atoms with van der Waals surface area (Å²) in [6.45, 7) is 0. The summed E-state index contributed by atoms with van der Waals surface area (Å²) in [6.07, 6.45) is -14.5. The van der Waals surface area contributed by atoms with Crippen molar-refractivity contribution in [2.24, 2.45) is 0 Å². The Kier molecular flexibility index (Phi) is 7.72. The fraction of sp³-hybridized carbons (Fsp3) is 1.00. The van der Waals surface area contributed by atoms with E-state index in [9.17, 15) is 52.7 Å². The Hall–Kier alpha value is -0.743. The van der Waals surface area contributed by atoms with Crippen molar-refractivity contribution in [3.8, 4) is 0 Å². The van der Waals surface area contributed by atoms with E-state index < -0.39 is 57.3 Å². The van der Waals surface area contributed by atoms with Gasteiger partial charge in [0, 0.05) is 27.8 Å². The Morgan fingerprint density at radius 1 is 0.704 bits per heavy atom. The van der Waals surface area contributed by atoms with E-state index in [1.807, 2.05) is 0 Å². The van der Waals surface area contributed by atoms with Crippen LogP contribution in [0.15, 0.2) is 0 Å². The van der Waals surface area contributed by atoms with E-state index in [1.54, 1.807) is 0 Å². The average molecular weight is 450 g/mol. The molecule has 0 radical (unpaired) electrons. The zero-order chi connectivity index (χ0) is 22.1. The molecule has 0 saturated heterocycles. The molecule has 0 fully saturated rings. The molecule has 0 amide bonds. The van der Waals surface area contributed by atoms with Crippen LogP contribution in [0.2, 0.25) is 0 Å². The zero-order valence-corrected chi connectivity index (χ0v) is 14.8. The average Bonchev–Trinajstić information content (AvgIpc) is 2.53. The molecule has 1 atom stereocenters. The Labute approximate surface area is 145 Å². The van der Waals surface area contributed by atoms with Crippen molar-refractivity contribution in [1.82, 2.24) is 0 Å². The van der Waals surface area contributed by atoms with Gasteiger partial charge in [0.05, 0.1) is 0 Å². The maximum atomic E-state index is 14.0. The first kappa shape index (κ1) is 26.3. The summed E-state index contributed by atoms with van der Waals surface area (Å²) in [4.78, 5) is 0. The van der Waals surface area contributed by atoms with Gasteiger partial charge in [0.2, 0.25) is 0 Å². The van der Waals surface area contributed by atoms with Crippen molar-refractivity contribution in [2.75, 3.05) is 21.3 Å². The Morgan fingerprint density at radius 2 is 1.07 bits per heavy atom. The van der Waals surface area contributed by atoms with Crippen LogP contribution in [-0.2, 0) is 13.3 Å². The maximum Gasteiger partial charge on any atom is 0.581 e. The van der Waals surface area contributed by atoms with Gasteiger partial charge in [0.1, 0.15) is 0 Å². The topological polar surface area (TPSA) is 27.7 Å². The molecule has 3 nitrogen and oxygen atoms in total. The summed E-state index contributed by atoms with van der Waals surface area (Å²) in [7, 11) is -5.22. The minimum atomic E-state index is -7.14. The molecule has 0 aliphatic rings. The van der Waals surface area contributed by atoms with E-state index in [0.29, 0.717) is 0 Å². The molecule has 0 heterocycles. The lowest BCUT2D eigenvalue weighted by Gasteiger charge is -2.41. The van der Waals surface area contributed by atoms with Crippen LogP contribution in [-0.4, -0.2) is 65.8 Å². The molecule has 0 N–H and O–H groups in total. The van der Waals surface area contributed by atoms with Crippen LogP contribution < -0.4 is 0 Å². The number of alkyl halides is 12. The van der Waals surface area contributed by atoms with E-state index in [0.717, 1.165) is 0 Å². The number of hydrogen-bond acceptors (Lipinski definition) is 3. The van der Waals surface area contributed by atoms with E-state index in [2.05, 4.69) is 13.3 Å². The first-order valence-electron chi connectivity index (χ1n) is 6.68. The molecule has 0 bridgehead atoms. The summed E-state index contributed by atoms with van der Waals surface area (Å²) in [6, 6.07) is 0. The van der Waals surface area contributed by atoms with Crippen LogP contribution in [0, 0.1) is 0 Å². The van der Waals surface area contributed by atoms with Gasteiger partial charge in [-0.15, -0.1) is 0 Å². The molecular weight excluding hydrogens is 436 g/mol. The molecule has 0 saturated carbocycles. The predicted octanol–water partition coefficient (Wildman–Crippen LogP) is 4.63. The molecule has 16 heteroatoms. The van der Waals surface area contributed by atoms with Crippen LogP contribution in [0.1, 0.15) is 12.8 Å². The van der Waals surface area contributed by atoms with Gasteiger partial charge in [-0.05, 0) is 6.42 Å². The molecule has 0 spiro atoms. The molecule has 1 unspecified atom stereocenters. The van der Waals surface area contributed by atoms with Crippen LogP contribution in [0.25, 0.3) is 0 Å². The number of rotatable bonds is 10. The first-order chi connectivity index (χ1) is 11.8. The Morgan fingerprint density at radius 3 is 1.37 bits per heavy atom. The van der Waals surface area contributed by atoms with Gasteiger partial charge in [0.15, 0.2) is 6.17 Å². The molecule has 0 aromatic heterocycles. The van der Waals surface area contributed by atoms with E-state index in [-0.39, 0.29) is 21.3 Å². The van der Waals surface area contributed by atoms with Crippen LogP contribution in [0.4, 0.5) is 52.7 Å². The van der Waals surface area contributed by atoms with Crippen molar-refractivity contribution in [1.29, 1.82) is 0 Å². The third kappa shape index (κ3) is 4.32. The largest absolute Gasteiger partial charge is 0.581 e. The number of hydrogen-bond donors (Lipinski definition) is 0. The lowest BCUT2D eigenvalue weighted by Crippen LogP contribution is -2.74. The smallest absolute Gasteiger partial charge is 0.373 e. The summed E-state index contributed by atoms with van der Waals surface area (Å²) in [5.41, 5.74) is -6.21. The molecule has 0 aromatic rings. The molecule has 0 rings (SSSR count). The van der Waals surface area contributed by atoms with E-state index in [4.69, 9.17) is 0 Å². The standard InChI is InChI=1S/C11H14F12O3Si/c1-24-27(25-2,26-3)11(22,23)10(20,21)9(18,19)8(16,17)6(12)4-5-7(13,14)15/h6H,4-5H2,1-3H3. The highest BCUT2D eigenvalue weighted by molar-refractivity contribution is 6.63. The second-order valence-corrected chi connectivity index (χ2v) is 8.10. The van der Waals surface area contributed by atoms with Crippen molar-refractivity contribution in [3.63, 3.8) is 0 Å². The lowest BCUT2D eigenvalue weighted by molar-refractivity contribution is -0.368. The van der Waals surface area contributed by atoms with Gasteiger partial charge in [-0.25, -0.2) is 4.39 Å². The first-order valence-corrected chi connectivity index (χ1v) is 8.41. The second kappa shape index (κ2) is 7.94. The highest BCUT2D eigenvalue weighted by Gasteiger charge is 2.89. The van der Waals surface area contributed by atoms with Gasteiger partial charge in [-0.2, -0.15) is 48.3 Å². The Bertz CT molecular complexity index is 483. The van der Waals surface area contributed by atoms with Crippen molar-refractivity contribution >= 4 is 8.80 Å². The van der Waals surface area contributed by atoms with E-state index >= 15 is 0 Å². The second-order valence-electron chi connectivity index (χ2n) is 5.14. The van der Waals surface area contributed by atoms with Gasteiger partial charge < -0.3 is 13.3 Å². The third-order valence-corrected chi connectivity index (χ3v) is 6.17. The fourth-order valence-corrected chi connectivity index (χ4v) is 3.71. The summed E-state index contributed by atoms with van der Waals surface area (Å²) < 4.78 is 171. The summed E-state index contributed by atoms with van der Waals surface area (Å²) in [5, 5.41) is 0. The quantitative estimate of drug-likeness (QED) is 0.359. The number of halogens is 12. The molecule has 27 heavy (non-hydrogen) atoms. The SMILES string of the molecule is CO[Si](OC)(OC)C(F)(F)C(F)(F)C(F)(F)C(F)(F)C(F)CCC(F)(F)F. The monoisotopic (exact) mass is 450 g/mol. The van der Waals surface area contributed by atoms with Crippen molar-refractivity contribution in [3.05, 3.63) is 0 Å². The van der Waals surface area contributed by atoms with Gasteiger partial charge in [-0.1, -0.05) is 0 Å². The van der Waals surface area contributed by atoms with Crippen LogP contribution in [0.5, 0.6) is 0 Å². The minimum absolute atomic E-state index is 0.279.